The molecule has 1 aromatic carbocycles. The van der Waals surface area contributed by atoms with Crippen LogP contribution < -0.4 is 0 Å². The molecule has 1 fully saturated rings. The number of non-ortho nitro benzene ring substituents is 1. The van der Waals surface area contributed by atoms with Gasteiger partial charge in [-0.05, 0) is 18.1 Å². The Hall–Kier alpha value is -4.24. The van der Waals surface area contributed by atoms with Crippen molar-refractivity contribution in [3.05, 3.63) is 85.0 Å². The van der Waals surface area contributed by atoms with Crippen molar-refractivity contribution in [2.24, 2.45) is 5.92 Å². The summed E-state index contributed by atoms with van der Waals surface area (Å²) in [7, 11) is 0. The Labute approximate surface area is 224 Å². The molecular formula is C24H23N3O11S. The minimum absolute atomic E-state index is 0.0287. The number of amides is 1. The van der Waals surface area contributed by atoms with Crippen LogP contribution in [0.25, 0.3) is 0 Å². The van der Waals surface area contributed by atoms with E-state index in [0.29, 0.717) is 5.56 Å². The van der Waals surface area contributed by atoms with Crippen molar-refractivity contribution in [1.82, 2.24) is 4.90 Å². The van der Waals surface area contributed by atoms with E-state index in [9.17, 15) is 44.8 Å². The lowest BCUT2D eigenvalue weighted by Gasteiger charge is -2.53. The maximum atomic E-state index is 13.1. The van der Waals surface area contributed by atoms with Crippen molar-refractivity contribution < 1.29 is 43.9 Å². The summed E-state index contributed by atoms with van der Waals surface area (Å²) in [6.45, 7) is -1.47. The summed E-state index contributed by atoms with van der Waals surface area (Å²) < 4.78 is 10.0. The first-order valence-corrected chi connectivity index (χ1v) is 12.5. The standard InChI is InChI=1S/C24H23N3O11S/c28-13-18-19(21(30)31)25-20(29)17(24(25,39-18)12-15-4-6-16(7-5-15)26(33)34)8-11-37-22(32)38-14-23(27(35)36)9-2-1-3-10-23/h1-7,9,17,28H,8,10-14H2,(H,30,31)/t17-,23-,24+/m0/s1. The predicted octanol–water partition coefficient (Wildman–Crippen LogP) is 2.40. The molecule has 0 spiro atoms. The number of rotatable bonds is 11. The zero-order chi connectivity index (χ0) is 28.4. The highest BCUT2D eigenvalue weighted by atomic mass is 32.2. The van der Waals surface area contributed by atoms with Gasteiger partial charge in [0.05, 0.1) is 24.1 Å². The number of β-lactam (4-membered cyclic amide) rings is 1. The van der Waals surface area contributed by atoms with Gasteiger partial charge in [-0.3, -0.25) is 29.9 Å². The van der Waals surface area contributed by atoms with Gasteiger partial charge < -0.3 is 19.7 Å². The Bertz CT molecular complexity index is 1310. The zero-order valence-electron chi connectivity index (χ0n) is 20.3. The Morgan fingerprint density at radius 3 is 2.44 bits per heavy atom. The van der Waals surface area contributed by atoms with Gasteiger partial charge in [0.2, 0.25) is 5.91 Å². The second kappa shape index (κ2) is 10.9. The molecule has 39 heavy (non-hydrogen) atoms. The van der Waals surface area contributed by atoms with Crippen LogP contribution in [-0.4, -0.2) is 73.2 Å². The number of nitro benzene ring substituents is 1. The van der Waals surface area contributed by atoms with E-state index in [-0.39, 0.29) is 42.2 Å². The van der Waals surface area contributed by atoms with Crippen LogP contribution in [-0.2, 0) is 25.5 Å². The first kappa shape index (κ1) is 27.8. The first-order chi connectivity index (χ1) is 18.5. The van der Waals surface area contributed by atoms with Crippen LogP contribution in [0.5, 0.6) is 0 Å². The number of hydrogen-bond acceptors (Lipinski definition) is 11. The molecule has 1 aromatic rings. The third-order valence-corrected chi connectivity index (χ3v) is 8.27. The SMILES string of the molecule is O=C(OCC[C@H]1C(=O)N2C(C(=O)O)=C(CO)S[C@]12Cc1ccc([N+](=O)[O-])cc1)OC[C@]1([N+](=O)[O-])C=CC=CC1. The van der Waals surface area contributed by atoms with Crippen LogP contribution in [0.4, 0.5) is 10.5 Å². The molecule has 3 aliphatic rings. The maximum absolute atomic E-state index is 13.1. The van der Waals surface area contributed by atoms with Crippen molar-refractivity contribution >= 4 is 35.5 Å². The number of carbonyl (C=O) groups excluding carboxylic acids is 2. The van der Waals surface area contributed by atoms with Crippen molar-refractivity contribution in [3.8, 4) is 0 Å². The molecule has 0 saturated carbocycles. The number of allylic oxidation sites excluding steroid dienone is 2. The number of benzene rings is 1. The minimum Gasteiger partial charge on any atom is -0.477 e. The fourth-order valence-electron chi connectivity index (χ4n) is 4.80. The first-order valence-electron chi connectivity index (χ1n) is 11.7. The van der Waals surface area contributed by atoms with Crippen molar-refractivity contribution in [2.75, 3.05) is 19.8 Å². The number of hydrogen-bond donors (Lipinski definition) is 2. The molecule has 0 radical (unpaired) electrons. The summed E-state index contributed by atoms with van der Waals surface area (Å²) in [5, 5.41) is 42.0. The summed E-state index contributed by atoms with van der Waals surface area (Å²) >= 11 is 1.01. The van der Waals surface area contributed by atoms with Gasteiger partial charge in [0, 0.05) is 34.8 Å². The molecule has 15 heteroatoms. The summed E-state index contributed by atoms with van der Waals surface area (Å²) in [5.74, 6) is -2.77. The van der Waals surface area contributed by atoms with E-state index in [1.807, 2.05) is 0 Å². The van der Waals surface area contributed by atoms with Gasteiger partial charge in [0.15, 0.2) is 6.61 Å². The number of aliphatic hydroxyl groups is 1. The molecule has 2 N–H and O–H groups in total. The van der Waals surface area contributed by atoms with E-state index in [0.717, 1.165) is 16.7 Å². The Kier molecular flexibility index (Phi) is 7.74. The molecule has 4 rings (SSSR count). The van der Waals surface area contributed by atoms with Crippen molar-refractivity contribution in [1.29, 1.82) is 0 Å². The van der Waals surface area contributed by atoms with Crippen LogP contribution in [0.15, 0.2) is 59.2 Å². The molecule has 1 saturated heterocycles. The van der Waals surface area contributed by atoms with E-state index in [1.54, 1.807) is 12.2 Å². The molecule has 0 bridgehead atoms. The minimum atomic E-state index is -1.60. The van der Waals surface area contributed by atoms with Crippen molar-refractivity contribution in [2.45, 2.75) is 29.7 Å². The average Bonchev–Trinajstić information content (AvgIpc) is 3.21. The summed E-state index contributed by atoms with van der Waals surface area (Å²) in [4.78, 5) is 58.5. The highest BCUT2D eigenvalue weighted by Gasteiger charge is 2.66. The fourth-order valence-corrected chi connectivity index (χ4v) is 6.44. The lowest BCUT2D eigenvalue weighted by Crippen LogP contribution is -2.68. The number of aliphatic hydroxyl groups excluding tert-OH is 1. The second-order valence-corrected chi connectivity index (χ2v) is 10.4. The molecular weight excluding hydrogens is 538 g/mol. The second-order valence-electron chi connectivity index (χ2n) is 9.04. The van der Waals surface area contributed by atoms with Gasteiger partial charge in [0.25, 0.3) is 11.2 Å². The van der Waals surface area contributed by atoms with Crippen LogP contribution in [0.1, 0.15) is 18.4 Å². The van der Waals surface area contributed by atoms with Gasteiger partial charge in [-0.2, -0.15) is 0 Å². The molecule has 0 aromatic heterocycles. The fraction of sp³-hybridized carbons (Fsp3) is 0.375. The third-order valence-electron chi connectivity index (χ3n) is 6.73. The Balaban J connectivity index is 1.45. The molecule has 2 aliphatic heterocycles. The summed E-state index contributed by atoms with van der Waals surface area (Å²) in [5.41, 5.74) is -1.50. The van der Waals surface area contributed by atoms with Gasteiger partial charge in [-0.15, -0.1) is 0 Å². The van der Waals surface area contributed by atoms with Crippen LogP contribution in [0, 0.1) is 26.1 Å². The number of carboxylic acid groups (broad SMARTS) is 1. The van der Waals surface area contributed by atoms with Crippen LogP contribution >= 0.6 is 11.8 Å². The average molecular weight is 562 g/mol. The van der Waals surface area contributed by atoms with Gasteiger partial charge in [0.1, 0.15) is 10.6 Å². The highest BCUT2D eigenvalue weighted by molar-refractivity contribution is 8.04. The number of nitro groups is 2. The molecule has 3 atom stereocenters. The topological polar surface area (TPSA) is 200 Å². The lowest BCUT2D eigenvalue weighted by molar-refractivity contribution is -0.557. The number of carboxylic acids is 1. The van der Waals surface area contributed by atoms with E-state index in [1.165, 1.54) is 36.4 Å². The van der Waals surface area contributed by atoms with E-state index < -0.39 is 57.4 Å². The lowest BCUT2D eigenvalue weighted by atomic mass is 9.79. The summed E-state index contributed by atoms with van der Waals surface area (Å²) in [6, 6.07) is 5.57. The summed E-state index contributed by atoms with van der Waals surface area (Å²) in [6.07, 6.45) is 4.97. The third kappa shape index (κ3) is 5.09. The monoisotopic (exact) mass is 561 g/mol. The molecule has 14 nitrogen and oxygen atoms in total. The highest BCUT2D eigenvalue weighted by Crippen LogP contribution is 2.60. The maximum Gasteiger partial charge on any atom is 0.508 e. The zero-order valence-corrected chi connectivity index (χ0v) is 21.1. The predicted molar refractivity (Wildman–Crippen MR) is 134 cm³/mol. The van der Waals surface area contributed by atoms with E-state index in [2.05, 4.69) is 0 Å². The van der Waals surface area contributed by atoms with Crippen molar-refractivity contribution in [3.63, 3.8) is 0 Å². The number of nitrogens with zero attached hydrogens (tertiary/aromatic N) is 3. The Morgan fingerprint density at radius 2 is 1.87 bits per heavy atom. The van der Waals surface area contributed by atoms with E-state index >= 15 is 0 Å². The van der Waals surface area contributed by atoms with Gasteiger partial charge in [-0.1, -0.05) is 42.1 Å². The molecule has 0 unspecified atom stereocenters. The normalized spacial score (nSPS) is 25.2. The van der Waals surface area contributed by atoms with Crippen LogP contribution in [0.3, 0.4) is 0 Å². The van der Waals surface area contributed by atoms with Gasteiger partial charge >= 0.3 is 12.1 Å². The van der Waals surface area contributed by atoms with E-state index in [4.69, 9.17) is 9.47 Å². The van der Waals surface area contributed by atoms with Crippen LogP contribution in [0.2, 0.25) is 0 Å². The Morgan fingerprint density at radius 1 is 1.15 bits per heavy atom. The quantitative estimate of drug-likeness (QED) is 0.173. The molecule has 2 heterocycles. The molecule has 1 aliphatic carbocycles. The smallest absolute Gasteiger partial charge is 0.477 e. The van der Waals surface area contributed by atoms with Gasteiger partial charge in [-0.25, -0.2) is 9.59 Å². The number of aliphatic carboxylic acids is 1. The number of fused-ring (bicyclic) bond motifs is 1. The number of ether oxygens (including phenoxy) is 2. The number of thioether (sulfide) groups is 1. The largest absolute Gasteiger partial charge is 0.508 e. The molecule has 1 amide bonds. The molecule has 206 valence electrons. The number of carbonyl (C=O) groups is 3.